The maximum absolute atomic E-state index is 12.4. The summed E-state index contributed by atoms with van der Waals surface area (Å²) >= 11 is 0. The Labute approximate surface area is 99.4 Å². The molecule has 0 aromatic carbocycles. The summed E-state index contributed by atoms with van der Waals surface area (Å²) in [6.45, 7) is 5.73. The van der Waals surface area contributed by atoms with Crippen LogP contribution in [0, 0.1) is 5.92 Å². The van der Waals surface area contributed by atoms with Crippen molar-refractivity contribution in [2.45, 2.75) is 58.4 Å². The van der Waals surface area contributed by atoms with E-state index in [-0.39, 0.29) is 12.0 Å². The first-order chi connectivity index (χ1) is 7.74. The molecule has 1 heterocycles. The average Bonchev–Trinajstić information content (AvgIpc) is 2.55. The molecule has 0 aliphatic carbocycles. The topological polar surface area (TPSA) is 46.3 Å². The Hall–Kier alpha value is -0.570. The maximum Gasteiger partial charge on any atom is 0.225 e. The van der Waals surface area contributed by atoms with Crippen molar-refractivity contribution in [3.8, 4) is 0 Å². The lowest BCUT2D eigenvalue weighted by Gasteiger charge is -2.32. The Kier molecular flexibility index (Phi) is 5.81. The molecule has 1 amide bonds. The summed E-state index contributed by atoms with van der Waals surface area (Å²) in [6.07, 6.45) is 6.58. The van der Waals surface area contributed by atoms with E-state index in [1.165, 1.54) is 12.8 Å². The summed E-state index contributed by atoms with van der Waals surface area (Å²) in [4.78, 5) is 14.4. The van der Waals surface area contributed by atoms with Gasteiger partial charge in [-0.25, -0.2) is 0 Å². The molecule has 1 aliphatic heterocycles. The second kappa shape index (κ2) is 6.89. The predicted octanol–water partition coefficient (Wildman–Crippen LogP) is 2.15. The summed E-state index contributed by atoms with van der Waals surface area (Å²) in [6, 6.07) is 0.288. The van der Waals surface area contributed by atoms with Crippen LogP contribution < -0.4 is 5.73 Å². The van der Waals surface area contributed by atoms with Gasteiger partial charge in [-0.1, -0.05) is 26.7 Å². The summed E-state index contributed by atoms with van der Waals surface area (Å²) < 4.78 is 0. The van der Waals surface area contributed by atoms with Gasteiger partial charge >= 0.3 is 0 Å². The Balaban J connectivity index is 2.68. The minimum atomic E-state index is 0.201. The normalized spacial score (nSPS) is 22.2. The molecule has 2 N–H and O–H groups in total. The predicted molar refractivity (Wildman–Crippen MR) is 67.1 cm³/mol. The number of nitrogens with zero attached hydrogens (tertiary/aromatic N) is 1. The van der Waals surface area contributed by atoms with E-state index in [9.17, 15) is 4.79 Å². The average molecular weight is 226 g/mol. The van der Waals surface area contributed by atoms with Gasteiger partial charge in [-0.05, 0) is 25.7 Å². The van der Waals surface area contributed by atoms with Crippen molar-refractivity contribution in [3.05, 3.63) is 0 Å². The molecule has 0 aromatic rings. The first-order valence-corrected chi connectivity index (χ1v) is 6.75. The fraction of sp³-hybridized carbons (Fsp3) is 0.923. The van der Waals surface area contributed by atoms with Crippen molar-refractivity contribution in [1.82, 2.24) is 4.90 Å². The molecule has 3 heteroatoms. The van der Waals surface area contributed by atoms with Crippen LogP contribution in [-0.4, -0.2) is 29.9 Å². The van der Waals surface area contributed by atoms with E-state index in [4.69, 9.17) is 5.73 Å². The molecule has 0 bridgehead atoms. The number of rotatable bonds is 4. The highest BCUT2D eigenvalue weighted by molar-refractivity contribution is 5.79. The van der Waals surface area contributed by atoms with Crippen LogP contribution >= 0.6 is 0 Å². The van der Waals surface area contributed by atoms with E-state index in [2.05, 4.69) is 18.7 Å². The van der Waals surface area contributed by atoms with E-state index in [1.807, 2.05) is 0 Å². The Bertz CT molecular complexity index is 214. The van der Waals surface area contributed by atoms with E-state index in [1.54, 1.807) is 0 Å². The quantitative estimate of drug-likeness (QED) is 0.798. The Morgan fingerprint density at radius 2 is 2.00 bits per heavy atom. The zero-order valence-corrected chi connectivity index (χ0v) is 10.7. The first-order valence-electron chi connectivity index (χ1n) is 6.75. The lowest BCUT2D eigenvalue weighted by atomic mass is 10.00. The van der Waals surface area contributed by atoms with E-state index in [0.717, 1.165) is 32.2 Å². The molecule has 0 aromatic heterocycles. The highest BCUT2D eigenvalue weighted by Gasteiger charge is 2.27. The number of amides is 1. The molecule has 0 saturated carbocycles. The molecule has 1 unspecified atom stereocenters. The molecule has 1 fully saturated rings. The van der Waals surface area contributed by atoms with Crippen LogP contribution in [0.3, 0.4) is 0 Å². The van der Waals surface area contributed by atoms with E-state index < -0.39 is 0 Å². The van der Waals surface area contributed by atoms with Crippen LogP contribution in [0.2, 0.25) is 0 Å². The largest absolute Gasteiger partial charge is 0.338 e. The standard InChI is InChI=1S/C13H26N2O/c1-3-11(4-2)13(16)15-9-7-5-6-8-12(15)10-14/h11-12H,3-10,14H2,1-2H3. The number of likely N-dealkylation sites (tertiary alicyclic amines) is 1. The maximum atomic E-state index is 12.4. The highest BCUT2D eigenvalue weighted by Crippen LogP contribution is 2.20. The summed E-state index contributed by atoms with van der Waals surface area (Å²) in [5.41, 5.74) is 5.79. The van der Waals surface area contributed by atoms with Crippen LogP contribution in [0.25, 0.3) is 0 Å². The van der Waals surface area contributed by atoms with Crippen molar-refractivity contribution in [1.29, 1.82) is 0 Å². The minimum Gasteiger partial charge on any atom is -0.338 e. The minimum absolute atomic E-state index is 0.201. The highest BCUT2D eigenvalue weighted by atomic mass is 16.2. The van der Waals surface area contributed by atoms with Gasteiger partial charge in [-0.3, -0.25) is 4.79 Å². The van der Waals surface area contributed by atoms with Gasteiger partial charge in [0.05, 0.1) is 0 Å². The SMILES string of the molecule is CCC(CC)C(=O)N1CCCCCC1CN. The molecule has 3 nitrogen and oxygen atoms in total. The van der Waals surface area contributed by atoms with Gasteiger partial charge in [0, 0.05) is 25.0 Å². The van der Waals surface area contributed by atoms with Gasteiger partial charge in [0.2, 0.25) is 5.91 Å². The summed E-state index contributed by atoms with van der Waals surface area (Å²) in [5.74, 6) is 0.537. The zero-order chi connectivity index (χ0) is 12.0. The van der Waals surface area contributed by atoms with Gasteiger partial charge in [-0.15, -0.1) is 0 Å². The molecule has 16 heavy (non-hydrogen) atoms. The van der Waals surface area contributed by atoms with Gasteiger partial charge in [0.15, 0.2) is 0 Å². The zero-order valence-electron chi connectivity index (χ0n) is 10.7. The van der Waals surface area contributed by atoms with Gasteiger partial charge < -0.3 is 10.6 Å². The van der Waals surface area contributed by atoms with E-state index >= 15 is 0 Å². The fourth-order valence-electron chi connectivity index (χ4n) is 2.58. The molecule has 94 valence electrons. The smallest absolute Gasteiger partial charge is 0.225 e. The molecule has 1 aliphatic rings. The number of carbonyl (C=O) groups is 1. The van der Waals surface area contributed by atoms with Gasteiger partial charge in [-0.2, -0.15) is 0 Å². The number of carbonyl (C=O) groups excluding carboxylic acids is 1. The fourth-order valence-corrected chi connectivity index (χ4v) is 2.58. The second-order valence-electron chi connectivity index (χ2n) is 4.78. The number of nitrogens with two attached hydrogens (primary N) is 1. The second-order valence-corrected chi connectivity index (χ2v) is 4.78. The van der Waals surface area contributed by atoms with Gasteiger partial charge in [0.1, 0.15) is 0 Å². The molecule has 0 radical (unpaired) electrons. The summed E-state index contributed by atoms with van der Waals surface area (Å²) in [7, 11) is 0. The summed E-state index contributed by atoms with van der Waals surface area (Å²) in [5, 5.41) is 0. The number of hydrogen-bond acceptors (Lipinski definition) is 2. The molecule has 0 spiro atoms. The van der Waals surface area contributed by atoms with Crippen molar-refractivity contribution in [3.63, 3.8) is 0 Å². The van der Waals surface area contributed by atoms with E-state index in [0.29, 0.717) is 12.5 Å². The van der Waals surface area contributed by atoms with Crippen LogP contribution in [0.5, 0.6) is 0 Å². The lowest BCUT2D eigenvalue weighted by Crippen LogP contribution is -2.46. The molecular formula is C13H26N2O. The first kappa shape index (κ1) is 13.5. The molecule has 1 saturated heterocycles. The van der Waals surface area contributed by atoms with Crippen LogP contribution in [-0.2, 0) is 4.79 Å². The van der Waals surface area contributed by atoms with Crippen LogP contribution in [0.15, 0.2) is 0 Å². The van der Waals surface area contributed by atoms with Gasteiger partial charge in [0.25, 0.3) is 0 Å². The third-order valence-electron chi connectivity index (χ3n) is 3.77. The molecule has 1 rings (SSSR count). The van der Waals surface area contributed by atoms with Crippen molar-refractivity contribution >= 4 is 5.91 Å². The third kappa shape index (κ3) is 3.21. The lowest BCUT2D eigenvalue weighted by molar-refractivity contribution is -0.137. The Morgan fingerprint density at radius 3 is 2.56 bits per heavy atom. The third-order valence-corrected chi connectivity index (χ3v) is 3.77. The molecular weight excluding hydrogens is 200 g/mol. The van der Waals surface area contributed by atoms with Crippen LogP contribution in [0.1, 0.15) is 52.4 Å². The number of hydrogen-bond donors (Lipinski definition) is 1. The monoisotopic (exact) mass is 226 g/mol. The molecule has 1 atom stereocenters. The van der Waals surface area contributed by atoms with Crippen LogP contribution in [0.4, 0.5) is 0 Å². The Morgan fingerprint density at radius 1 is 1.31 bits per heavy atom. The van der Waals surface area contributed by atoms with Crippen molar-refractivity contribution in [2.75, 3.05) is 13.1 Å². The van der Waals surface area contributed by atoms with Crippen molar-refractivity contribution in [2.24, 2.45) is 11.7 Å². The van der Waals surface area contributed by atoms with Crippen molar-refractivity contribution < 1.29 is 4.79 Å².